The summed E-state index contributed by atoms with van der Waals surface area (Å²) in [7, 11) is 0. The van der Waals surface area contributed by atoms with Crippen molar-refractivity contribution in [2.24, 2.45) is 5.92 Å². The first-order valence-electron chi connectivity index (χ1n) is 6.14. The summed E-state index contributed by atoms with van der Waals surface area (Å²) in [5.41, 5.74) is 0.511. The second-order valence-electron chi connectivity index (χ2n) is 4.87. The fourth-order valence-corrected chi connectivity index (χ4v) is 3.31. The maximum Gasteiger partial charge on any atom is 0.255 e. The van der Waals surface area contributed by atoms with Crippen LogP contribution in [0.5, 0.6) is 0 Å². The van der Waals surface area contributed by atoms with Gasteiger partial charge < -0.3 is 10.2 Å². The lowest BCUT2D eigenvalue weighted by Gasteiger charge is -2.24. The second-order valence-corrected chi connectivity index (χ2v) is 5.66. The van der Waals surface area contributed by atoms with Crippen molar-refractivity contribution in [1.29, 1.82) is 0 Å². The Morgan fingerprint density at radius 2 is 2.17 bits per heavy atom. The predicted molar refractivity (Wildman–Crippen MR) is 72.3 cm³/mol. The summed E-state index contributed by atoms with van der Waals surface area (Å²) in [5.74, 6) is 0.589. The van der Waals surface area contributed by atoms with Crippen molar-refractivity contribution < 1.29 is 4.79 Å². The smallest absolute Gasteiger partial charge is 0.255 e. The van der Waals surface area contributed by atoms with Crippen molar-refractivity contribution >= 4 is 29.1 Å². The van der Waals surface area contributed by atoms with Gasteiger partial charge >= 0.3 is 0 Å². The van der Waals surface area contributed by atoms with Crippen molar-refractivity contribution in [2.45, 2.75) is 12.5 Å². The van der Waals surface area contributed by atoms with Crippen LogP contribution in [0.15, 0.2) is 18.2 Å². The zero-order chi connectivity index (χ0) is 12.7. The molecule has 0 bridgehead atoms. The van der Waals surface area contributed by atoms with Gasteiger partial charge in [0, 0.05) is 25.7 Å². The molecule has 1 N–H and O–H groups in total. The molecule has 2 heterocycles. The molecule has 2 aliphatic rings. The van der Waals surface area contributed by atoms with Crippen LogP contribution in [0.4, 0.5) is 0 Å². The zero-order valence-electron chi connectivity index (χ0n) is 9.83. The molecule has 0 aliphatic carbocycles. The minimum absolute atomic E-state index is 0.00120. The highest BCUT2D eigenvalue weighted by Crippen LogP contribution is 2.32. The van der Waals surface area contributed by atoms with Crippen LogP contribution in [0.25, 0.3) is 0 Å². The van der Waals surface area contributed by atoms with E-state index < -0.39 is 0 Å². The molecule has 18 heavy (non-hydrogen) atoms. The number of rotatable bonds is 1. The summed E-state index contributed by atoms with van der Waals surface area (Å²) < 4.78 is 0. The Hall–Kier alpha value is -0.770. The standard InChI is InChI=1S/C13H14Cl2N2O/c14-10-3-1-2-9(12(10)15)13(18)17-5-4-8-6-16-7-11(8)17/h1-3,8,11,16H,4-7H2/t8-,11+/m0/s1. The maximum atomic E-state index is 12.5. The van der Waals surface area contributed by atoms with Crippen LogP contribution in [-0.4, -0.2) is 36.5 Å². The molecule has 1 amide bonds. The first kappa shape index (κ1) is 12.3. The number of fused-ring (bicyclic) bond motifs is 1. The highest BCUT2D eigenvalue weighted by Gasteiger charge is 2.40. The van der Waals surface area contributed by atoms with Gasteiger partial charge in [-0.1, -0.05) is 29.3 Å². The topological polar surface area (TPSA) is 32.3 Å². The molecule has 3 nitrogen and oxygen atoms in total. The Kier molecular flexibility index (Phi) is 3.22. The molecule has 0 spiro atoms. The van der Waals surface area contributed by atoms with Crippen molar-refractivity contribution in [3.8, 4) is 0 Å². The van der Waals surface area contributed by atoms with Crippen molar-refractivity contribution in [2.75, 3.05) is 19.6 Å². The summed E-state index contributed by atoms with van der Waals surface area (Å²) in [5, 5.41) is 4.13. The number of nitrogens with one attached hydrogen (secondary N) is 1. The summed E-state index contributed by atoms with van der Waals surface area (Å²) in [6.45, 7) is 2.71. The van der Waals surface area contributed by atoms with E-state index in [9.17, 15) is 4.79 Å². The van der Waals surface area contributed by atoms with Crippen LogP contribution in [-0.2, 0) is 0 Å². The molecule has 1 aromatic rings. The molecule has 2 atom stereocenters. The fraction of sp³-hybridized carbons (Fsp3) is 0.462. The molecule has 0 radical (unpaired) electrons. The normalized spacial score (nSPS) is 26.4. The molecule has 2 aliphatic heterocycles. The zero-order valence-corrected chi connectivity index (χ0v) is 11.3. The van der Waals surface area contributed by atoms with E-state index in [-0.39, 0.29) is 5.91 Å². The maximum absolute atomic E-state index is 12.5. The predicted octanol–water partition coefficient (Wildman–Crippen LogP) is 2.43. The van der Waals surface area contributed by atoms with Gasteiger partial charge in [0.15, 0.2) is 0 Å². The van der Waals surface area contributed by atoms with Crippen LogP contribution >= 0.6 is 23.2 Å². The molecule has 2 saturated heterocycles. The average molecular weight is 285 g/mol. The van der Waals surface area contributed by atoms with Crippen molar-refractivity contribution in [3.63, 3.8) is 0 Å². The average Bonchev–Trinajstić information content (AvgIpc) is 2.94. The van der Waals surface area contributed by atoms with Crippen LogP contribution in [0.1, 0.15) is 16.8 Å². The number of likely N-dealkylation sites (tertiary alicyclic amines) is 1. The highest BCUT2D eigenvalue weighted by molar-refractivity contribution is 6.43. The third-order valence-electron chi connectivity index (χ3n) is 3.89. The molecule has 5 heteroatoms. The third kappa shape index (κ3) is 1.91. The lowest BCUT2D eigenvalue weighted by atomic mass is 10.0. The van der Waals surface area contributed by atoms with Crippen LogP contribution in [0, 0.1) is 5.92 Å². The van der Waals surface area contributed by atoms with Gasteiger partial charge in [0.05, 0.1) is 15.6 Å². The number of nitrogens with zero attached hydrogens (tertiary/aromatic N) is 1. The molecular weight excluding hydrogens is 271 g/mol. The number of carbonyl (C=O) groups excluding carboxylic acids is 1. The van der Waals surface area contributed by atoms with Crippen LogP contribution < -0.4 is 5.32 Å². The number of amides is 1. The van der Waals surface area contributed by atoms with E-state index in [2.05, 4.69) is 5.32 Å². The van der Waals surface area contributed by atoms with E-state index in [1.807, 2.05) is 4.90 Å². The first-order chi connectivity index (χ1) is 8.68. The molecule has 0 unspecified atom stereocenters. The summed E-state index contributed by atoms with van der Waals surface area (Å²) >= 11 is 12.1. The van der Waals surface area contributed by atoms with E-state index in [0.29, 0.717) is 27.6 Å². The van der Waals surface area contributed by atoms with Gasteiger partial charge in [-0.05, 0) is 24.5 Å². The van der Waals surface area contributed by atoms with E-state index >= 15 is 0 Å². The molecule has 1 aromatic carbocycles. The van der Waals surface area contributed by atoms with E-state index in [1.165, 1.54) is 0 Å². The molecule has 2 fully saturated rings. The Morgan fingerprint density at radius 1 is 1.33 bits per heavy atom. The van der Waals surface area contributed by atoms with E-state index in [4.69, 9.17) is 23.2 Å². The SMILES string of the molecule is O=C(c1cccc(Cl)c1Cl)N1CC[C@H]2CNC[C@H]21. The van der Waals surface area contributed by atoms with Gasteiger partial charge in [-0.2, -0.15) is 0 Å². The fourth-order valence-electron chi connectivity index (χ4n) is 2.93. The van der Waals surface area contributed by atoms with E-state index in [0.717, 1.165) is 26.1 Å². The van der Waals surface area contributed by atoms with Crippen LogP contribution in [0.2, 0.25) is 10.0 Å². The first-order valence-corrected chi connectivity index (χ1v) is 6.90. The van der Waals surface area contributed by atoms with E-state index in [1.54, 1.807) is 18.2 Å². The molecule has 0 saturated carbocycles. The number of hydrogen-bond acceptors (Lipinski definition) is 2. The summed E-state index contributed by atoms with van der Waals surface area (Å²) in [6, 6.07) is 5.52. The molecular formula is C13H14Cl2N2O. The Balaban J connectivity index is 1.88. The monoisotopic (exact) mass is 284 g/mol. The van der Waals surface area contributed by atoms with Gasteiger partial charge in [0.1, 0.15) is 0 Å². The highest BCUT2D eigenvalue weighted by atomic mass is 35.5. The third-order valence-corrected chi connectivity index (χ3v) is 4.71. The Bertz CT molecular complexity index is 492. The van der Waals surface area contributed by atoms with Gasteiger partial charge in [0.25, 0.3) is 5.91 Å². The molecule has 0 aromatic heterocycles. The van der Waals surface area contributed by atoms with Crippen LogP contribution in [0.3, 0.4) is 0 Å². The number of carbonyl (C=O) groups is 1. The summed E-state index contributed by atoms with van der Waals surface area (Å²) in [6.07, 6.45) is 1.07. The van der Waals surface area contributed by atoms with Gasteiger partial charge in [-0.25, -0.2) is 0 Å². The Morgan fingerprint density at radius 3 is 3.00 bits per heavy atom. The minimum atomic E-state index is -0.00120. The summed E-state index contributed by atoms with van der Waals surface area (Å²) in [4.78, 5) is 14.5. The second kappa shape index (κ2) is 4.72. The number of benzene rings is 1. The quantitative estimate of drug-likeness (QED) is 0.859. The van der Waals surface area contributed by atoms with Crippen molar-refractivity contribution in [1.82, 2.24) is 10.2 Å². The molecule has 96 valence electrons. The molecule has 3 rings (SSSR count). The Labute approximate surface area is 116 Å². The van der Waals surface area contributed by atoms with Gasteiger partial charge in [-0.15, -0.1) is 0 Å². The largest absolute Gasteiger partial charge is 0.334 e. The lowest BCUT2D eigenvalue weighted by molar-refractivity contribution is 0.0737. The lowest BCUT2D eigenvalue weighted by Crippen LogP contribution is -2.39. The van der Waals surface area contributed by atoms with Gasteiger partial charge in [0.2, 0.25) is 0 Å². The number of hydrogen-bond donors (Lipinski definition) is 1. The minimum Gasteiger partial charge on any atom is -0.334 e. The van der Waals surface area contributed by atoms with Crippen molar-refractivity contribution in [3.05, 3.63) is 33.8 Å². The number of halogens is 2. The van der Waals surface area contributed by atoms with Gasteiger partial charge in [-0.3, -0.25) is 4.79 Å².